The lowest BCUT2D eigenvalue weighted by Crippen LogP contribution is -2.12. The van der Waals surface area contributed by atoms with Gasteiger partial charge in [-0.25, -0.2) is 4.98 Å². The van der Waals surface area contributed by atoms with E-state index in [-0.39, 0.29) is 17.0 Å². The number of halogens is 6. The molecule has 0 amide bonds. The van der Waals surface area contributed by atoms with Crippen molar-refractivity contribution in [1.29, 1.82) is 0 Å². The Bertz CT molecular complexity index is 928. The van der Waals surface area contributed by atoms with Gasteiger partial charge in [0.1, 0.15) is 11.5 Å². The van der Waals surface area contributed by atoms with Gasteiger partial charge in [-0.2, -0.15) is 31.3 Å². The molecular formula is C14H9F6N5. The fourth-order valence-corrected chi connectivity index (χ4v) is 2.24. The number of aromatic nitrogens is 4. The van der Waals surface area contributed by atoms with E-state index in [2.05, 4.69) is 25.5 Å². The van der Waals surface area contributed by atoms with Crippen LogP contribution in [0.1, 0.15) is 17.1 Å². The number of rotatable bonds is 2. The number of para-hydroxylation sites is 1. The van der Waals surface area contributed by atoms with Crippen LogP contribution in [0.15, 0.2) is 24.3 Å². The minimum absolute atomic E-state index is 0.0736. The van der Waals surface area contributed by atoms with Gasteiger partial charge < -0.3 is 5.32 Å². The minimum Gasteiger partial charge on any atom is -0.322 e. The van der Waals surface area contributed by atoms with Crippen molar-refractivity contribution >= 4 is 22.5 Å². The summed E-state index contributed by atoms with van der Waals surface area (Å²) in [6, 6.07) is 3.62. The van der Waals surface area contributed by atoms with E-state index in [0.29, 0.717) is 18.0 Å². The Morgan fingerprint density at radius 2 is 1.72 bits per heavy atom. The van der Waals surface area contributed by atoms with Crippen molar-refractivity contribution < 1.29 is 26.3 Å². The van der Waals surface area contributed by atoms with Crippen molar-refractivity contribution in [2.75, 3.05) is 5.32 Å². The second kappa shape index (κ2) is 5.60. The predicted octanol–water partition coefficient (Wildman–Crippen LogP) is 4.44. The largest absolute Gasteiger partial charge is 0.433 e. The normalized spacial score (nSPS) is 12.6. The van der Waals surface area contributed by atoms with E-state index in [1.807, 2.05) is 0 Å². The van der Waals surface area contributed by atoms with Gasteiger partial charge in [0.2, 0.25) is 5.95 Å². The summed E-state index contributed by atoms with van der Waals surface area (Å²) in [5.74, 6) is 0.309. The molecule has 11 heteroatoms. The summed E-state index contributed by atoms with van der Waals surface area (Å²) >= 11 is 0. The first kappa shape index (κ1) is 17.0. The van der Waals surface area contributed by atoms with Gasteiger partial charge in [0, 0.05) is 5.39 Å². The predicted molar refractivity (Wildman–Crippen MR) is 76.1 cm³/mol. The van der Waals surface area contributed by atoms with Crippen molar-refractivity contribution in [3.05, 3.63) is 41.3 Å². The van der Waals surface area contributed by atoms with Crippen LogP contribution >= 0.6 is 0 Å². The number of aryl methyl sites for hydroxylation is 1. The summed E-state index contributed by atoms with van der Waals surface area (Å²) in [7, 11) is 0. The molecule has 5 nitrogen and oxygen atoms in total. The topological polar surface area (TPSA) is 66.5 Å². The SMILES string of the molecule is Cc1nc(Nc2cc(C(F)(F)F)nc3c(C(F)(F)F)cccc23)n[nH]1. The van der Waals surface area contributed by atoms with Crippen LogP contribution in [-0.2, 0) is 12.4 Å². The highest BCUT2D eigenvalue weighted by molar-refractivity contribution is 5.95. The molecule has 0 fully saturated rings. The molecule has 0 aliphatic heterocycles. The monoisotopic (exact) mass is 361 g/mol. The zero-order valence-electron chi connectivity index (χ0n) is 12.4. The van der Waals surface area contributed by atoms with Crippen LogP contribution in [0.5, 0.6) is 0 Å². The Kier molecular flexibility index (Phi) is 3.81. The molecule has 0 aliphatic carbocycles. The molecule has 2 N–H and O–H groups in total. The number of H-pyrrole nitrogens is 1. The number of nitrogens with zero attached hydrogens (tertiary/aromatic N) is 3. The van der Waals surface area contributed by atoms with Crippen LogP contribution in [-0.4, -0.2) is 20.2 Å². The fraction of sp³-hybridized carbons (Fsp3) is 0.214. The maximum absolute atomic E-state index is 13.1. The first-order chi connectivity index (χ1) is 11.6. The molecule has 0 radical (unpaired) electrons. The molecule has 0 atom stereocenters. The maximum atomic E-state index is 13.1. The van der Waals surface area contributed by atoms with Crippen molar-refractivity contribution in [2.45, 2.75) is 19.3 Å². The lowest BCUT2D eigenvalue weighted by Gasteiger charge is -2.15. The van der Waals surface area contributed by atoms with Crippen LogP contribution in [0.25, 0.3) is 10.9 Å². The molecule has 1 aromatic carbocycles. The Morgan fingerprint density at radius 1 is 1.00 bits per heavy atom. The number of hydrogen-bond donors (Lipinski definition) is 2. The van der Waals surface area contributed by atoms with Crippen LogP contribution in [0.2, 0.25) is 0 Å². The third-order valence-corrected chi connectivity index (χ3v) is 3.28. The average molecular weight is 361 g/mol. The maximum Gasteiger partial charge on any atom is 0.433 e. The molecule has 132 valence electrons. The van der Waals surface area contributed by atoms with E-state index in [0.717, 1.165) is 6.07 Å². The van der Waals surface area contributed by atoms with E-state index in [1.54, 1.807) is 6.92 Å². The Morgan fingerprint density at radius 3 is 2.28 bits per heavy atom. The van der Waals surface area contributed by atoms with Gasteiger partial charge >= 0.3 is 12.4 Å². The Labute approximate surface area is 136 Å². The molecule has 0 bridgehead atoms. The summed E-state index contributed by atoms with van der Waals surface area (Å²) < 4.78 is 78.6. The molecule has 2 aromatic heterocycles. The van der Waals surface area contributed by atoms with Crippen LogP contribution in [0, 0.1) is 6.92 Å². The quantitative estimate of drug-likeness (QED) is 0.662. The van der Waals surface area contributed by atoms with Crippen molar-refractivity contribution in [2.24, 2.45) is 0 Å². The van der Waals surface area contributed by atoms with E-state index in [1.165, 1.54) is 6.07 Å². The molecule has 0 unspecified atom stereocenters. The molecule has 0 saturated carbocycles. The highest BCUT2D eigenvalue weighted by Crippen LogP contribution is 2.39. The third-order valence-electron chi connectivity index (χ3n) is 3.28. The van der Waals surface area contributed by atoms with Gasteiger partial charge in [0.15, 0.2) is 0 Å². The van der Waals surface area contributed by atoms with Gasteiger partial charge in [-0.3, -0.25) is 5.10 Å². The summed E-state index contributed by atoms with van der Waals surface area (Å²) in [5.41, 5.74) is -3.75. The standard InChI is InChI=1S/C14H9F6N5/c1-6-21-12(25-24-6)22-9-5-10(14(18,19)20)23-11-7(9)3-2-4-8(11)13(15,16)17/h2-5H,1H3,(H2,21,22,23,24,25). The average Bonchev–Trinajstić information content (AvgIpc) is 2.89. The second-order valence-corrected chi connectivity index (χ2v) is 5.12. The molecule has 0 saturated heterocycles. The number of pyridine rings is 1. The van der Waals surface area contributed by atoms with E-state index >= 15 is 0 Å². The van der Waals surface area contributed by atoms with Gasteiger partial charge in [0.05, 0.1) is 16.8 Å². The number of nitrogens with one attached hydrogen (secondary N) is 2. The fourth-order valence-electron chi connectivity index (χ4n) is 2.24. The summed E-state index contributed by atoms with van der Waals surface area (Å²) in [6.45, 7) is 1.56. The first-order valence-corrected chi connectivity index (χ1v) is 6.80. The molecule has 0 spiro atoms. The lowest BCUT2D eigenvalue weighted by atomic mass is 10.1. The van der Waals surface area contributed by atoms with Crippen LogP contribution in [0.4, 0.5) is 38.0 Å². The molecule has 2 heterocycles. The second-order valence-electron chi connectivity index (χ2n) is 5.12. The molecule has 0 aliphatic rings. The number of anilines is 2. The zero-order chi connectivity index (χ0) is 18.4. The lowest BCUT2D eigenvalue weighted by molar-refractivity contribution is -0.142. The summed E-state index contributed by atoms with van der Waals surface area (Å²) in [5, 5.41) is 8.55. The smallest absolute Gasteiger partial charge is 0.322 e. The number of alkyl halides is 6. The highest BCUT2D eigenvalue weighted by atomic mass is 19.4. The molecule has 3 rings (SSSR count). The van der Waals surface area contributed by atoms with Crippen LogP contribution < -0.4 is 5.32 Å². The number of hydrogen-bond acceptors (Lipinski definition) is 4. The zero-order valence-corrected chi connectivity index (χ0v) is 12.4. The van der Waals surface area contributed by atoms with E-state index in [9.17, 15) is 26.3 Å². The molecule has 25 heavy (non-hydrogen) atoms. The third kappa shape index (κ3) is 3.35. The van der Waals surface area contributed by atoms with Gasteiger partial charge in [-0.15, -0.1) is 5.10 Å². The number of benzene rings is 1. The Balaban J connectivity index is 2.27. The molecular weight excluding hydrogens is 352 g/mol. The molecule has 3 aromatic rings. The van der Waals surface area contributed by atoms with Gasteiger partial charge in [-0.1, -0.05) is 12.1 Å². The van der Waals surface area contributed by atoms with Crippen molar-refractivity contribution in [1.82, 2.24) is 20.2 Å². The van der Waals surface area contributed by atoms with Crippen molar-refractivity contribution in [3.63, 3.8) is 0 Å². The highest BCUT2D eigenvalue weighted by Gasteiger charge is 2.37. The van der Waals surface area contributed by atoms with Crippen molar-refractivity contribution in [3.8, 4) is 0 Å². The van der Waals surface area contributed by atoms with E-state index < -0.39 is 29.1 Å². The summed E-state index contributed by atoms with van der Waals surface area (Å²) in [6.07, 6.45) is -9.77. The summed E-state index contributed by atoms with van der Waals surface area (Å²) in [4.78, 5) is 7.06. The number of fused-ring (bicyclic) bond motifs is 1. The van der Waals surface area contributed by atoms with Crippen LogP contribution in [0.3, 0.4) is 0 Å². The number of aromatic amines is 1. The van der Waals surface area contributed by atoms with E-state index in [4.69, 9.17) is 0 Å². The van der Waals surface area contributed by atoms with Gasteiger partial charge in [-0.05, 0) is 19.1 Å². The first-order valence-electron chi connectivity index (χ1n) is 6.80. The Hall–Kier alpha value is -2.85. The minimum atomic E-state index is -4.92. The van der Waals surface area contributed by atoms with Gasteiger partial charge in [0.25, 0.3) is 0 Å².